The highest BCUT2D eigenvalue weighted by atomic mass is 35.5. The zero-order valence-corrected chi connectivity index (χ0v) is 26.2. The molecule has 9 nitrogen and oxygen atoms in total. The van der Waals surface area contributed by atoms with E-state index in [-0.39, 0.29) is 42.9 Å². The van der Waals surface area contributed by atoms with E-state index in [1.165, 1.54) is 0 Å². The van der Waals surface area contributed by atoms with Crippen LogP contribution in [0, 0.1) is 5.92 Å². The number of hydrogen-bond acceptors (Lipinski definition) is 7. The first-order valence-electron chi connectivity index (χ1n) is 14.5. The van der Waals surface area contributed by atoms with Crippen molar-refractivity contribution in [3.05, 3.63) is 57.6 Å². The maximum absolute atomic E-state index is 13.5. The molecule has 42 heavy (non-hydrogen) atoms. The third-order valence-corrected chi connectivity index (χ3v) is 8.63. The van der Waals surface area contributed by atoms with E-state index in [0.717, 1.165) is 18.7 Å². The molecule has 4 rings (SSSR count). The van der Waals surface area contributed by atoms with Crippen molar-refractivity contribution in [2.45, 2.75) is 45.4 Å². The van der Waals surface area contributed by atoms with Gasteiger partial charge in [0.25, 0.3) is 0 Å². The van der Waals surface area contributed by atoms with Crippen LogP contribution < -0.4 is 10.1 Å². The Morgan fingerprint density at radius 2 is 1.93 bits per heavy atom. The summed E-state index contributed by atoms with van der Waals surface area (Å²) in [5, 5.41) is 13.9. The highest BCUT2D eigenvalue weighted by Crippen LogP contribution is 2.30. The number of benzene rings is 2. The van der Waals surface area contributed by atoms with Gasteiger partial charge in [0.2, 0.25) is 11.8 Å². The monoisotopic (exact) mass is 620 g/mol. The Hall–Kier alpha value is -2.40. The van der Waals surface area contributed by atoms with E-state index in [1.807, 2.05) is 44.3 Å². The highest BCUT2D eigenvalue weighted by Gasteiger charge is 2.31. The van der Waals surface area contributed by atoms with Crippen LogP contribution in [0.1, 0.15) is 31.4 Å². The second kappa shape index (κ2) is 15.4. The van der Waals surface area contributed by atoms with Crippen LogP contribution in [0.4, 0.5) is 5.69 Å². The number of halogens is 2. The minimum Gasteiger partial charge on any atom is -0.488 e. The van der Waals surface area contributed by atoms with E-state index in [1.54, 1.807) is 11.0 Å². The van der Waals surface area contributed by atoms with Gasteiger partial charge in [0, 0.05) is 62.9 Å². The van der Waals surface area contributed by atoms with Gasteiger partial charge in [-0.3, -0.25) is 19.4 Å². The van der Waals surface area contributed by atoms with Gasteiger partial charge in [-0.1, -0.05) is 36.2 Å². The minimum atomic E-state index is -0.334. The molecule has 230 valence electrons. The van der Waals surface area contributed by atoms with Gasteiger partial charge in [-0.2, -0.15) is 0 Å². The van der Waals surface area contributed by atoms with Gasteiger partial charge >= 0.3 is 0 Å². The number of nitrogens with one attached hydrogen (secondary N) is 1. The van der Waals surface area contributed by atoms with Gasteiger partial charge in [-0.15, -0.1) is 0 Å². The lowest BCUT2D eigenvalue weighted by Crippen LogP contribution is -2.47. The zero-order valence-electron chi connectivity index (χ0n) is 24.7. The lowest BCUT2D eigenvalue weighted by molar-refractivity contribution is -0.134. The van der Waals surface area contributed by atoms with Crippen LogP contribution in [0.3, 0.4) is 0 Å². The van der Waals surface area contributed by atoms with Crippen LogP contribution in [-0.2, 0) is 27.3 Å². The summed E-state index contributed by atoms with van der Waals surface area (Å²) in [6, 6.07) is 10.8. The van der Waals surface area contributed by atoms with Crippen LogP contribution in [0.15, 0.2) is 36.4 Å². The van der Waals surface area contributed by atoms with Crippen molar-refractivity contribution in [2.24, 2.45) is 5.92 Å². The third-order valence-electron chi connectivity index (χ3n) is 7.89. The standard InChI is InChI=1S/C31H42Cl2N4O5/c1-21-17-37(22(2)20-38)31(40)16-24-15-25(34-30(39)8-9-36-10-12-41-13-11-36)5-7-28(24)42-29(21)19-35(3)18-23-4-6-26(32)27(33)14-23/h4-7,14-15,21-22,29,38H,8-13,16-20H2,1-3H3,(H,34,39)/t21-,22+,29+/m0/s1. The largest absolute Gasteiger partial charge is 0.488 e. The van der Waals surface area contributed by atoms with Gasteiger partial charge in [0.15, 0.2) is 0 Å². The van der Waals surface area contributed by atoms with E-state index < -0.39 is 0 Å². The molecule has 2 heterocycles. The van der Waals surface area contributed by atoms with Crippen LogP contribution in [0.25, 0.3) is 0 Å². The van der Waals surface area contributed by atoms with Crippen molar-refractivity contribution < 1.29 is 24.2 Å². The predicted molar refractivity (Wildman–Crippen MR) is 165 cm³/mol. The number of likely N-dealkylation sites (N-methyl/N-ethyl adjacent to an activating group) is 1. The van der Waals surface area contributed by atoms with Gasteiger partial charge in [0.05, 0.1) is 42.3 Å². The number of nitrogens with zero attached hydrogens (tertiary/aromatic N) is 3. The second-order valence-electron chi connectivity index (χ2n) is 11.4. The SMILES string of the molecule is C[C@H](CO)N1C[C@H](C)[C@@H](CN(C)Cc2ccc(Cl)c(Cl)c2)Oc2ccc(NC(=O)CCN3CCOCC3)cc2CC1=O. The molecule has 0 bridgehead atoms. The number of carbonyl (C=O) groups excluding carboxylic acids is 2. The highest BCUT2D eigenvalue weighted by molar-refractivity contribution is 6.42. The Morgan fingerprint density at radius 3 is 2.64 bits per heavy atom. The maximum atomic E-state index is 13.5. The smallest absolute Gasteiger partial charge is 0.227 e. The first-order chi connectivity index (χ1) is 20.1. The number of carbonyl (C=O) groups is 2. The van der Waals surface area contributed by atoms with Gasteiger partial charge in [-0.05, 0) is 49.9 Å². The van der Waals surface area contributed by atoms with E-state index in [2.05, 4.69) is 22.0 Å². The molecule has 0 aliphatic carbocycles. The normalized spacial score (nSPS) is 20.7. The summed E-state index contributed by atoms with van der Waals surface area (Å²) in [4.78, 5) is 32.3. The number of amides is 2. The van der Waals surface area contributed by atoms with Gasteiger partial charge in [-0.25, -0.2) is 0 Å². The number of fused-ring (bicyclic) bond motifs is 1. The maximum Gasteiger partial charge on any atom is 0.227 e. The quantitative estimate of drug-likeness (QED) is 0.415. The third kappa shape index (κ3) is 9.05. The Kier molecular flexibility index (Phi) is 11.9. The van der Waals surface area contributed by atoms with Crippen LogP contribution >= 0.6 is 23.2 Å². The average molecular weight is 622 g/mol. The molecule has 0 spiro atoms. The molecule has 0 radical (unpaired) electrons. The summed E-state index contributed by atoms with van der Waals surface area (Å²) in [6.45, 7) is 9.18. The molecule has 0 saturated carbocycles. The molecule has 2 amide bonds. The van der Waals surface area contributed by atoms with Crippen molar-refractivity contribution in [3.8, 4) is 5.75 Å². The molecule has 3 atom stereocenters. The predicted octanol–water partition coefficient (Wildman–Crippen LogP) is 3.94. The summed E-state index contributed by atoms with van der Waals surface area (Å²) in [6.07, 6.45) is 0.235. The number of aliphatic hydroxyl groups is 1. The summed E-state index contributed by atoms with van der Waals surface area (Å²) in [7, 11) is 2.01. The fourth-order valence-corrected chi connectivity index (χ4v) is 5.68. The Balaban J connectivity index is 1.50. The molecule has 2 aliphatic heterocycles. The fraction of sp³-hybridized carbons (Fsp3) is 0.548. The lowest BCUT2D eigenvalue weighted by Gasteiger charge is -2.34. The summed E-state index contributed by atoms with van der Waals surface area (Å²) < 4.78 is 12.0. The van der Waals surface area contributed by atoms with E-state index in [9.17, 15) is 14.7 Å². The number of anilines is 1. The first-order valence-corrected chi connectivity index (χ1v) is 15.3. The van der Waals surface area contributed by atoms with Crippen molar-refractivity contribution >= 4 is 40.7 Å². The van der Waals surface area contributed by atoms with E-state index >= 15 is 0 Å². The molecular weight excluding hydrogens is 579 g/mol. The van der Waals surface area contributed by atoms with Gasteiger partial charge in [0.1, 0.15) is 11.9 Å². The number of aliphatic hydroxyl groups excluding tert-OH is 1. The molecule has 1 fully saturated rings. The zero-order chi connectivity index (χ0) is 30.2. The van der Waals surface area contributed by atoms with Crippen molar-refractivity contribution in [3.63, 3.8) is 0 Å². The number of ether oxygens (including phenoxy) is 2. The molecule has 2 aromatic carbocycles. The Bertz CT molecular complexity index is 1230. The summed E-state index contributed by atoms with van der Waals surface area (Å²) >= 11 is 12.3. The van der Waals surface area contributed by atoms with Crippen LogP contribution in [0.5, 0.6) is 5.75 Å². The summed E-state index contributed by atoms with van der Waals surface area (Å²) in [5.74, 6) is 0.425. The molecule has 2 aliphatic rings. The summed E-state index contributed by atoms with van der Waals surface area (Å²) in [5.41, 5.74) is 2.36. The van der Waals surface area contributed by atoms with Crippen molar-refractivity contribution in [1.82, 2.24) is 14.7 Å². The molecule has 2 aromatic rings. The molecule has 1 saturated heterocycles. The molecule has 0 unspecified atom stereocenters. The minimum absolute atomic E-state index is 0.0234. The molecular formula is C31H42Cl2N4O5. The number of hydrogen-bond donors (Lipinski definition) is 2. The van der Waals surface area contributed by atoms with Crippen LogP contribution in [0.2, 0.25) is 10.0 Å². The van der Waals surface area contributed by atoms with Crippen molar-refractivity contribution in [2.75, 3.05) is 64.9 Å². The Labute approximate surface area is 258 Å². The van der Waals surface area contributed by atoms with E-state index in [0.29, 0.717) is 72.9 Å². The molecule has 11 heteroatoms. The number of morpholine rings is 1. The first kappa shape index (κ1) is 32.5. The number of rotatable bonds is 10. The topological polar surface area (TPSA) is 94.6 Å². The van der Waals surface area contributed by atoms with Crippen molar-refractivity contribution in [1.29, 1.82) is 0 Å². The Morgan fingerprint density at radius 1 is 1.17 bits per heavy atom. The molecule has 0 aromatic heterocycles. The van der Waals surface area contributed by atoms with Crippen LogP contribution in [-0.4, -0.2) is 103 Å². The average Bonchev–Trinajstić information content (AvgIpc) is 3.01. The lowest BCUT2D eigenvalue weighted by atomic mass is 10.0. The second-order valence-corrected chi connectivity index (χ2v) is 12.2. The van der Waals surface area contributed by atoms with E-state index in [4.69, 9.17) is 32.7 Å². The molecule has 2 N–H and O–H groups in total. The fourth-order valence-electron chi connectivity index (χ4n) is 5.35. The van der Waals surface area contributed by atoms with Gasteiger partial charge < -0.3 is 24.8 Å².